The molecule has 20 heavy (non-hydrogen) atoms. The zero-order valence-corrected chi connectivity index (χ0v) is 11.8. The van der Waals surface area contributed by atoms with Gasteiger partial charge in [0.15, 0.2) is 0 Å². The molecule has 2 N–H and O–H groups in total. The molecule has 1 saturated heterocycles. The van der Waals surface area contributed by atoms with Gasteiger partial charge in [0.2, 0.25) is 5.91 Å². The predicted octanol–water partition coefficient (Wildman–Crippen LogP) is 1.02. The molecule has 1 fully saturated rings. The number of hydrogen-bond acceptors (Lipinski definition) is 5. The molecule has 6 heteroatoms. The van der Waals surface area contributed by atoms with Gasteiger partial charge in [0.1, 0.15) is 11.5 Å². The minimum Gasteiger partial charge on any atom is -0.497 e. The summed E-state index contributed by atoms with van der Waals surface area (Å²) in [6.07, 6.45) is 0.361. The minimum absolute atomic E-state index is 0.0559. The van der Waals surface area contributed by atoms with Gasteiger partial charge in [-0.3, -0.25) is 4.79 Å². The number of morpholine rings is 1. The molecular formula is C14H20N2O4. The lowest BCUT2D eigenvalue weighted by atomic mass is 10.2. The van der Waals surface area contributed by atoms with Crippen molar-refractivity contribution in [2.75, 3.05) is 39.3 Å². The Balaban J connectivity index is 1.98. The van der Waals surface area contributed by atoms with E-state index >= 15 is 0 Å². The number of nitrogens with one attached hydrogen (secondary N) is 2. The summed E-state index contributed by atoms with van der Waals surface area (Å²) in [5.41, 5.74) is 0.605. The fourth-order valence-electron chi connectivity index (χ4n) is 2.09. The molecule has 6 nitrogen and oxygen atoms in total. The lowest BCUT2D eigenvalue weighted by Gasteiger charge is -2.23. The maximum Gasteiger partial charge on any atom is 0.226 e. The van der Waals surface area contributed by atoms with Gasteiger partial charge in [0.25, 0.3) is 0 Å². The molecule has 1 unspecified atom stereocenters. The van der Waals surface area contributed by atoms with Crippen LogP contribution in [0.15, 0.2) is 18.2 Å². The second-order valence-corrected chi connectivity index (χ2v) is 4.54. The van der Waals surface area contributed by atoms with Crippen molar-refractivity contribution in [2.24, 2.45) is 0 Å². The van der Waals surface area contributed by atoms with Gasteiger partial charge in [-0.1, -0.05) is 0 Å². The largest absolute Gasteiger partial charge is 0.497 e. The van der Waals surface area contributed by atoms with Crippen molar-refractivity contribution in [3.63, 3.8) is 0 Å². The lowest BCUT2D eigenvalue weighted by Crippen LogP contribution is -2.43. The van der Waals surface area contributed by atoms with Gasteiger partial charge in [-0.25, -0.2) is 0 Å². The fourth-order valence-corrected chi connectivity index (χ4v) is 2.09. The van der Waals surface area contributed by atoms with Crippen LogP contribution < -0.4 is 20.1 Å². The van der Waals surface area contributed by atoms with Crippen LogP contribution in [0.25, 0.3) is 0 Å². The Bertz CT molecular complexity index is 458. The number of rotatable bonds is 5. The quantitative estimate of drug-likeness (QED) is 0.843. The Morgan fingerprint density at radius 2 is 2.30 bits per heavy atom. The monoisotopic (exact) mass is 280 g/mol. The van der Waals surface area contributed by atoms with Crippen molar-refractivity contribution in [2.45, 2.75) is 12.5 Å². The summed E-state index contributed by atoms with van der Waals surface area (Å²) >= 11 is 0. The van der Waals surface area contributed by atoms with E-state index in [1.54, 1.807) is 32.4 Å². The molecule has 0 saturated carbocycles. The summed E-state index contributed by atoms with van der Waals surface area (Å²) in [6.45, 7) is 2.03. The predicted molar refractivity (Wildman–Crippen MR) is 75.4 cm³/mol. The summed E-state index contributed by atoms with van der Waals surface area (Å²) in [7, 11) is 3.14. The first-order valence-electron chi connectivity index (χ1n) is 6.56. The first-order chi connectivity index (χ1) is 9.72. The van der Waals surface area contributed by atoms with E-state index in [0.717, 1.165) is 6.54 Å². The van der Waals surface area contributed by atoms with Gasteiger partial charge in [-0.05, 0) is 12.1 Å². The number of anilines is 1. The molecule has 0 aromatic heterocycles. The first kappa shape index (κ1) is 14.6. The van der Waals surface area contributed by atoms with Crippen LogP contribution >= 0.6 is 0 Å². The molecule has 0 aliphatic carbocycles. The molecule has 110 valence electrons. The van der Waals surface area contributed by atoms with E-state index in [-0.39, 0.29) is 11.9 Å². The summed E-state index contributed by atoms with van der Waals surface area (Å²) in [6, 6.07) is 5.34. The van der Waals surface area contributed by atoms with Gasteiger partial charge in [0.05, 0.1) is 33.1 Å². The van der Waals surface area contributed by atoms with E-state index in [1.807, 2.05) is 0 Å². The average molecular weight is 280 g/mol. The van der Waals surface area contributed by atoms with Gasteiger partial charge in [0, 0.05) is 25.1 Å². The maximum atomic E-state index is 12.0. The van der Waals surface area contributed by atoms with Gasteiger partial charge >= 0.3 is 0 Å². The molecule has 0 bridgehead atoms. The maximum absolute atomic E-state index is 12.0. The molecule has 2 rings (SSSR count). The molecule has 1 atom stereocenters. The van der Waals surface area contributed by atoms with E-state index < -0.39 is 0 Å². The van der Waals surface area contributed by atoms with Crippen molar-refractivity contribution >= 4 is 11.6 Å². The van der Waals surface area contributed by atoms with Crippen LogP contribution in [0, 0.1) is 0 Å². The molecule has 1 heterocycles. The van der Waals surface area contributed by atoms with Crippen molar-refractivity contribution < 1.29 is 19.0 Å². The van der Waals surface area contributed by atoms with Crippen molar-refractivity contribution in [1.29, 1.82) is 0 Å². The molecule has 1 aromatic carbocycles. The average Bonchev–Trinajstić information content (AvgIpc) is 2.48. The molecule has 1 aromatic rings. The second kappa shape index (κ2) is 7.12. The number of carbonyl (C=O) groups excluding carboxylic acids is 1. The highest BCUT2D eigenvalue weighted by molar-refractivity contribution is 5.93. The van der Waals surface area contributed by atoms with Gasteiger partial charge in [-0.2, -0.15) is 0 Å². The molecule has 1 aliphatic rings. The van der Waals surface area contributed by atoms with E-state index in [9.17, 15) is 4.79 Å². The molecule has 0 spiro atoms. The fraction of sp³-hybridized carbons (Fsp3) is 0.500. The Kier molecular flexibility index (Phi) is 5.20. The number of amides is 1. The van der Waals surface area contributed by atoms with Crippen LogP contribution in [-0.4, -0.2) is 45.9 Å². The van der Waals surface area contributed by atoms with E-state index in [2.05, 4.69) is 10.6 Å². The summed E-state index contributed by atoms with van der Waals surface area (Å²) in [4.78, 5) is 12.0. The van der Waals surface area contributed by atoms with E-state index in [1.165, 1.54) is 0 Å². The first-order valence-corrected chi connectivity index (χ1v) is 6.56. The SMILES string of the molecule is COc1ccc(OC)c(NC(=O)CC2COCCN2)c1. The van der Waals surface area contributed by atoms with Crippen molar-refractivity contribution in [1.82, 2.24) is 5.32 Å². The molecule has 1 aliphatic heterocycles. The number of ether oxygens (including phenoxy) is 3. The van der Waals surface area contributed by atoms with Crippen molar-refractivity contribution in [3.05, 3.63) is 18.2 Å². The number of benzene rings is 1. The van der Waals surface area contributed by atoms with Crippen LogP contribution in [-0.2, 0) is 9.53 Å². The Hall–Kier alpha value is -1.79. The highest BCUT2D eigenvalue weighted by atomic mass is 16.5. The van der Waals surface area contributed by atoms with E-state index in [4.69, 9.17) is 14.2 Å². The Labute approximate surface area is 118 Å². The zero-order valence-electron chi connectivity index (χ0n) is 11.8. The van der Waals surface area contributed by atoms with Crippen molar-refractivity contribution in [3.8, 4) is 11.5 Å². The summed E-state index contributed by atoms with van der Waals surface area (Å²) in [5, 5.41) is 6.09. The van der Waals surface area contributed by atoms with Crippen LogP contribution in [0.3, 0.4) is 0 Å². The molecular weight excluding hydrogens is 260 g/mol. The third-order valence-electron chi connectivity index (χ3n) is 3.11. The zero-order chi connectivity index (χ0) is 14.4. The van der Waals surface area contributed by atoms with Gasteiger partial charge in [-0.15, -0.1) is 0 Å². The van der Waals surface area contributed by atoms with Crippen LogP contribution in [0.4, 0.5) is 5.69 Å². The van der Waals surface area contributed by atoms with E-state index in [0.29, 0.717) is 36.8 Å². The Morgan fingerprint density at radius 3 is 2.95 bits per heavy atom. The molecule has 0 radical (unpaired) electrons. The standard InChI is InChI=1S/C14H20N2O4/c1-18-11-3-4-13(19-2)12(8-11)16-14(17)7-10-9-20-6-5-15-10/h3-4,8,10,15H,5-7,9H2,1-2H3,(H,16,17). The number of carbonyl (C=O) groups is 1. The third kappa shape index (κ3) is 3.85. The topological polar surface area (TPSA) is 68.8 Å². The second-order valence-electron chi connectivity index (χ2n) is 4.54. The summed E-state index contributed by atoms with van der Waals surface area (Å²) < 4.78 is 15.7. The highest BCUT2D eigenvalue weighted by Crippen LogP contribution is 2.29. The Morgan fingerprint density at radius 1 is 1.45 bits per heavy atom. The summed E-state index contributed by atoms with van der Waals surface area (Å²) in [5.74, 6) is 1.19. The third-order valence-corrected chi connectivity index (χ3v) is 3.11. The number of hydrogen-bond donors (Lipinski definition) is 2. The van der Waals surface area contributed by atoms with Gasteiger partial charge < -0.3 is 24.8 Å². The van der Waals surface area contributed by atoms with Crippen LogP contribution in [0.2, 0.25) is 0 Å². The minimum atomic E-state index is -0.0837. The molecule has 1 amide bonds. The number of methoxy groups -OCH3 is 2. The van der Waals surface area contributed by atoms with Crippen LogP contribution in [0.1, 0.15) is 6.42 Å². The lowest BCUT2D eigenvalue weighted by molar-refractivity contribution is -0.117. The highest BCUT2D eigenvalue weighted by Gasteiger charge is 2.18. The normalized spacial score (nSPS) is 18.4. The smallest absolute Gasteiger partial charge is 0.226 e. The van der Waals surface area contributed by atoms with Crippen LogP contribution in [0.5, 0.6) is 11.5 Å².